The first-order chi connectivity index (χ1) is 11.5. The number of carboxylic acids is 1. The van der Waals surface area contributed by atoms with E-state index in [4.69, 9.17) is 14.6 Å². The Hall–Kier alpha value is -3.22. The van der Waals surface area contributed by atoms with Crippen LogP contribution in [-0.4, -0.2) is 31.2 Å². The number of methoxy groups -OCH3 is 2. The second kappa shape index (κ2) is 6.11. The summed E-state index contributed by atoms with van der Waals surface area (Å²) in [4.78, 5) is 23.3. The van der Waals surface area contributed by atoms with Gasteiger partial charge in [0.1, 0.15) is 6.17 Å². The SMILES string of the molecule is COc1cc2c(cc1OC)C(=O)NC(c1ccc(C(=O)O)cc1)N2. The minimum atomic E-state index is -0.996. The Morgan fingerprint density at radius 1 is 1.04 bits per heavy atom. The highest BCUT2D eigenvalue weighted by atomic mass is 16.5. The molecular weight excluding hydrogens is 312 g/mol. The van der Waals surface area contributed by atoms with Crippen molar-refractivity contribution in [3.8, 4) is 11.5 Å². The van der Waals surface area contributed by atoms with Crippen molar-refractivity contribution in [3.05, 3.63) is 53.1 Å². The number of amides is 1. The zero-order valence-corrected chi connectivity index (χ0v) is 13.1. The lowest BCUT2D eigenvalue weighted by atomic mass is 10.0. The Morgan fingerprint density at radius 3 is 2.25 bits per heavy atom. The minimum Gasteiger partial charge on any atom is -0.493 e. The minimum absolute atomic E-state index is 0.188. The van der Waals surface area contributed by atoms with E-state index in [1.54, 1.807) is 24.3 Å². The van der Waals surface area contributed by atoms with Crippen LogP contribution in [0.25, 0.3) is 0 Å². The van der Waals surface area contributed by atoms with Crippen molar-refractivity contribution in [2.24, 2.45) is 0 Å². The van der Waals surface area contributed by atoms with E-state index in [0.717, 1.165) is 5.56 Å². The summed E-state index contributed by atoms with van der Waals surface area (Å²) in [6.45, 7) is 0. The van der Waals surface area contributed by atoms with E-state index in [0.29, 0.717) is 22.7 Å². The quantitative estimate of drug-likeness (QED) is 0.796. The van der Waals surface area contributed by atoms with Crippen LogP contribution in [0.1, 0.15) is 32.4 Å². The molecule has 0 aliphatic carbocycles. The maximum Gasteiger partial charge on any atom is 0.335 e. The molecule has 24 heavy (non-hydrogen) atoms. The van der Waals surface area contributed by atoms with Crippen LogP contribution >= 0.6 is 0 Å². The molecule has 1 aliphatic rings. The van der Waals surface area contributed by atoms with Gasteiger partial charge in [-0.2, -0.15) is 0 Å². The molecule has 1 aliphatic heterocycles. The fourth-order valence-electron chi connectivity index (χ4n) is 2.57. The smallest absolute Gasteiger partial charge is 0.335 e. The van der Waals surface area contributed by atoms with Crippen molar-refractivity contribution < 1.29 is 24.2 Å². The number of carbonyl (C=O) groups excluding carboxylic acids is 1. The number of carboxylic acid groups (broad SMARTS) is 1. The van der Waals surface area contributed by atoms with Gasteiger partial charge in [-0.1, -0.05) is 12.1 Å². The number of nitrogens with one attached hydrogen (secondary N) is 2. The first-order valence-electron chi connectivity index (χ1n) is 7.20. The van der Waals surface area contributed by atoms with Crippen LogP contribution < -0.4 is 20.1 Å². The third-order valence-electron chi connectivity index (χ3n) is 3.83. The van der Waals surface area contributed by atoms with Crippen LogP contribution in [-0.2, 0) is 0 Å². The van der Waals surface area contributed by atoms with Gasteiger partial charge in [-0.15, -0.1) is 0 Å². The summed E-state index contributed by atoms with van der Waals surface area (Å²) >= 11 is 0. The predicted octanol–water partition coefficient (Wildman–Crippen LogP) is 2.26. The van der Waals surface area contributed by atoms with Crippen molar-refractivity contribution in [1.29, 1.82) is 0 Å². The number of benzene rings is 2. The molecule has 2 aromatic carbocycles. The Kier molecular flexibility index (Phi) is 3.99. The number of rotatable bonds is 4. The van der Waals surface area contributed by atoms with Gasteiger partial charge in [-0.05, 0) is 23.8 Å². The van der Waals surface area contributed by atoms with Crippen LogP contribution in [0.5, 0.6) is 11.5 Å². The van der Waals surface area contributed by atoms with Crippen LogP contribution in [0.3, 0.4) is 0 Å². The number of carbonyl (C=O) groups is 2. The summed E-state index contributed by atoms with van der Waals surface area (Å²) in [6, 6.07) is 9.62. The summed E-state index contributed by atoms with van der Waals surface area (Å²) in [5.74, 6) is -0.266. The molecule has 0 bridgehead atoms. The van der Waals surface area contributed by atoms with Crippen LogP contribution in [0, 0.1) is 0 Å². The topological polar surface area (TPSA) is 96.9 Å². The fourth-order valence-corrected chi connectivity index (χ4v) is 2.57. The van der Waals surface area contributed by atoms with E-state index in [1.165, 1.54) is 26.4 Å². The molecule has 1 amide bonds. The van der Waals surface area contributed by atoms with Crippen molar-refractivity contribution in [2.75, 3.05) is 19.5 Å². The van der Waals surface area contributed by atoms with Crippen LogP contribution in [0.15, 0.2) is 36.4 Å². The van der Waals surface area contributed by atoms with E-state index in [1.807, 2.05) is 0 Å². The fraction of sp³-hybridized carbons (Fsp3) is 0.176. The Labute approximate surface area is 138 Å². The number of fused-ring (bicyclic) bond motifs is 1. The molecule has 3 rings (SSSR count). The van der Waals surface area contributed by atoms with E-state index in [-0.39, 0.29) is 11.5 Å². The second-order valence-electron chi connectivity index (χ2n) is 5.23. The van der Waals surface area contributed by atoms with Gasteiger partial charge in [0.05, 0.1) is 31.0 Å². The van der Waals surface area contributed by atoms with E-state index < -0.39 is 12.1 Å². The Balaban J connectivity index is 1.93. The average molecular weight is 328 g/mol. The third kappa shape index (κ3) is 2.71. The summed E-state index contributed by atoms with van der Waals surface area (Å²) in [5, 5.41) is 15.0. The molecule has 1 atom stereocenters. The standard InChI is InChI=1S/C17H16N2O5/c1-23-13-7-11-12(8-14(13)24-2)18-15(19-16(11)20)9-3-5-10(6-4-9)17(21)22/h3-8,15,18H,1-2H3,(H,19,20)(H,21,22). The lowest BCUT2D eigenvalue weighted by molar-refractivity contribution is 0.0696. The molecular formula is C17H16N2O5. The van der Waals surface area contributed by atoms with Gasteiger partial charge in [0.15, 0.2) is 11.5 Å². The lowest BCUT2D eigenvalue weighted by Gasteiger charge is -2.29. The van der Waals surface area contributed by atoms with Gasteiger partial charge < -0.3 is 25.2 Å². The molecule has 0 fully saturated rings. The Morgan fingerprint density at radius 2 is 1.67 bits per heavy atom. The maximum atomic E-state index is 12.4. The largest absolute Gasteiger partial charge is 0.493 e. The van der Waals surface area contributed by atoms with Gasteiger partial charge in [-0.25, -0.2) is 4.79 Å². The molecule has 7 heteroatoms. The molecule has 3 N–H and O–H groups in total. The number of anilines is 1. The molecule has 0 saturated heterocycles. The van der Waals surface area contributed by atoms with Crippen molar-refractivity contribution in [1.82, 2.24) is 5.32 Å². The molecule has 1 unspecified atom stereocenters. The zero-order chi connectivity index (χ0) is 17.3. The predicted molar refractivity (Wildman–Crippen MR) is 86.8 cm³/mol. The summed E-state index contributed by atoms with van der Waals surface area (Å²) in [5.41, 5.74) is 2.00. The summed E-state index contributed by atoms with van der Waals surface area (Å²) in [6.07, 6.45) is -0.467. The molecule has 7 nitrogen and oxygen atoms in total. The van der Waals surface area contributed by atoms with Gasteiger partial charge >= 0.3 is 5.97 Å². The second-order valence-corrected chi connectivity index (χ2v) is 5.23. The van der Waals surface area contributed by atoms with Crippen molar-refractivity contribution in [3.63, 3.8) is 0 Å². The number of ether oxygens (including phenoxy) is 2. The van der Waals surface area contributed by atoms with E-state index in [2.05, 4.69) is 10.6 Å². The van der Waals surface area contributed by atoms with Crippen LogP contribution in [0.2, 0.25) is 0 Å². The molecule has 124 valence electrons. The normalized spacial score (nSPS) is 15.8. The zero-order valence-electron chi connectivity index (χ0n) is 13.1. The highest BCUT2D eigenvalue weighted by molar-refractivity contribution is 6.02. The number of hydrogen-bond donors (Lipinski definition) is 3. The van der Waals surface area contributed by atoms with Gasteiger partial charge in [0, 0.05) is 6.07 Å². The highest BCUT2D eigenvalue weighted by Gasteiger charge is 2.26. The molecule has 0 aromatic heterocycles. The summed E-state index contributed by atoms with van der Waals surface area (Å²) in [7, 11) is 3.03. The van der Waals surface area contributed by atoms with Gasteiger partial charge in [0.25, 0.3) is 5.91 Å². The van der Waals surface area contributed by atoms with E-state index in [9.17, 15) is 9.59 Å². The average Bonchev–Trinajstić information content (AvgIpc) is 2.60. The van der Waals surface area contributed by atoms with E-state index >= 15 is 0 Å². The highest BCUT2D eigenvalue weighted by Crippen LogP contribution is 2.36. The summed E-state index contributed by atoms with van der Waals surface area (Å²) < 4.78 is 10.5. The Bertz CT molecular complexity index is 801. The molecule has 2 aromatic rings. The maximum absolute atomic E-state index is 12.4. The van der Waals surface area contributed by atoms with Crippen molar-refractivity contribution in [2.45, 2.75) is 6.17 Å². The van der Waals surface area contributed by atoms with Gasteiger partial charge in [0.2, 0.25) is 0 Å². The van der Waals surface area contributed by atoms with Crippen molar-refractivity contribution >= 4 is 17.6 Å². The first kappa shape index (κ1) is 15.7. The molecule has 0 spiro atoms. The number of aromatic carboxylic acids is 1. The lowest BCUT2D eigenvalue weighted by Crippen LogP contribution is -2.38. The molecule has 0 saturated carbocycles. The van der Waals surface area contributed by atoms with Crippen LogP contribution in [0.4, 0.5) is 5.69 Å². The molecule has 0 radical (unpaired) electrons. The third-order valence-corrected chi connectivity index (χ3v) is 3.83. The van der Waals surface area contributed by atoms with Gasteiger partial charge in [-0.3, -0.25) is 4.79 Å². The number of hydrogen-bond acceptors (Lipinski definition) is 5. The molecule has 1 heterocycles. The monoisotopic (exact) mass is 328 g/mol. The first-order valence-corrected chi connectivity index (χ1v) is 7.20.